The van der Waals surface area contributed by atoms with Crippen LogP contribution in [0.15, 0.2) is 42.5 Å². The quantitative estimate of drug-likeness (QED) is 0.519. The van der Waals surface area contributed by atoms with Gasteiger partial charge in [-0.15, -0.1) is 0 Å². The summed E-state index contributed by atoms with van der Waals surface area (Å²) >= 11 is 0. The summed E-state index contributed by atoms with van der Waals surface area (Å²) in [5, 5.41) is 11.7. The zero-order chi connectivity index (χ0) is 15.0. The highest BCUT2D eigenvalue weighted by molar-refractivity contribution is 5.98. The predicted molar refractivity (Wildman–Crippen MR) is 82.7 cm³/mol. The molecule has 3 rings (SSSR count). The van der Waals surface area contributed by atoms with E-state index in [1.165, 1.54) is 0 Å². The molecule has 21 heavy (non-hydrogen) atoms. The van der Waals surface area contributed by atoms with Gasteiger partial charge in [-0.1, -0.05) is 38.5 Å². The summed E-state index contributed by atoms with van der Waals surface area (Å²) in [6.45, 7) is 6.05. The van der Waals surface area contributed by atoms with Crippen LogP contribution in [0.25, 0.3) is 10.8 Å². The molecular formula is C18H18O3. The Labute approximate surface area is 123 Å². The second kappa shape index (κ2) is 5.24. The SMILES string of the molecule is C=C1C(=O)Oc2ccc3ccc(O)cc3c2C1CCCC. The first-order chi connectivity index (χ1) is 10.1. The lowest BCUT2D eigenvalue weighted by molar-refractivity contribution is -0.131. The molecule has 0 spiro atoms. The minimum atomic E-state index is -0.344. The van der Waals surface area contributed by atoms with E-state index in [2.05, 4.69) is 13.5 Å². The number of phenolic OH excluding ortho intramolecular Hbond substituents is 1. The molecule has 1 N–H and O–H groups in total. The molecule has 0 saturated carbocycles. The Morgan fingerprint density at radius 3 is 2.81 bits per heavy atom. The highest BCUT2D eigenvalue weighted by Gasteiger charge is 2.32. The van der Waals surface area contributed by atoms with Gasteiger partial charge in [0.15, 0.2) is 0 Å². The third-order valence-corrected chi connectivity index (χ3v) is 4.09. The van der Waals surface area contributed by atoms with E-state index in [9.17, 15) is 9.90 Å². The first kappa shape index (κ1) is 13.7. The lowest BCUT2D eigenvalue weighted by Crippen LogP contribution is -2.23. The molecule has 1 atom stereocenters. The lowest BCUT2D eigenvalue weighted by atomic mass is 9.82. The number of hydrogen-bond donors (Lipinski definition) is 1. The van der Waals surface area contributed by atoms with Gasteiger partial charge in [-0.05, 0) is 35.4 Å². The van der Waals surface area contributed by atoms with Crippen LogP contribution in [-0.4, -0.2) is 11.1 Å². The second-order valence-corrected chi connectivity index (χ2v) is 5.49. The van der Waals surface area contributed by atoms with Crippen molar-refractivity contribution in [1.29, 1.82) is 0 Å². The summed E-state index contributed by atoms with van der Waals surface area (Å²) in [6.07, 6.45) is 2.95. The van der Waals surface area contributed by atoms with Crippen LogP contribution in [0, 0.1) is 0 Å². The average molecular weight is 282 g/mol. The van der Waals surface area contributed by atoms with E-state index < -0.39 is 0 Å². The lowest BCUT2D eigenvalue weighted by Gasteiger charge is -2.27. The summed E-state index contributed by atoms with van der Waals surface area (Å²) in [6, 6.07) is 9.02. The van der Waals surface area contributed by atoms with Crippen LogP contribution in [0.3, 0.4) is 0 Å². The molecule has 1 aliphatic heterocycles. The molecule has 1 aliphatic rings. The number of unbranched alkanes of at least 4 members (excludes halogenated alkanes) is 1. The third kappa shape index (κ3) is 2.29. The van der Waals surface area contributed by atoms with Gasteiger partial charge in [0.1, 0.15) is 11.5 Å². The molecule has 108 valence electrons. The van der Waals surface area contributed by atoms with E-state index in [0.717, 1.165) is 35.6 Å². The van der Waals surface area contributed by atoms with Gasteiger partial charge in [0, 0.05) is 17.1 Å². The maximum atomic E-state index is 12.0. The largest absolute Gasteiger partial charge is 0.508 e. The van der Waals surface area contributed by atoms with E-state index >= 15 is 0 Å². The second-order valence-electron chi connectivity index (χ2n) is 5.49. The minimum Gasteiger partial charge on any atom is -0.508 e. The normalized spacial score (nSPS) is 17.7. The van der Waals surface area contributed by atoms with Crippen LogP contribution in [-0.2, 0) is 4.79 Å². The number of carbonyl (C=O) groups is 1. The number of esters is 1. The summed E-state index contributed by atoms with van der Waals surface area (Å²) in [4.78, 5) is 12.0. The zero-order valence-corrected chi connectivity index (χ0v) is 12.1. The Hall–Kier alpha value is -2.29. The highest BCUT2D eigenvalue weighted by atomic mass is 16.5. The predicted octanol–water partition coefficient (Wildman–Crippen LogP) is 4.29. The molecular weight excluding hydrogens is 264 g/mol. The fourth-order valence-corrected chi connectivity index (χ4v) is 2.97. The van der Waals surface area contributed by atoms with Gasteiger partial charge in [0.25, 0.3) is 0 Å². The van der Waals surface area contributed by atoms with Gasteiger partial charge in [-0.2, -0.15) is 0 Å². The van der Waals surface area contributed by atoms with Crippen LogP contribution in [0.1, 0.15) is 37.7 Å². The van der Waals surface area contributed by atoms with Gasteiger partial charge in [-0.25, -0.2) is 4.79 Å². The van der Waals surface area contributed by atoms with Crippen molar-refractivity contribution < 1.29 is 14.6 Å². The molecule has 0 radical (unpaired) electrons. The van der Waals surface area contributed by atoms with Crippen molar-refractivity contribution in [2.45, 2.75) is 32.1 Å². The first-order valence-electron chi connectivity index (χ1n) is 7.28. The summed E-state index contributed by atoms with van der Waals surface area (Å²) < 4.78 is 5.38. The smallest absolute Gasteiger partial charge is 0.339 e. The fraction of sp³-hybridized carbons (Fsp3) is 0.278. The topological polar surface area (TPSA) is 46.5 Å². The highest BCUT2D eigenvalue weighted by Crippen LogP contribution is 2.44. The van der Waals surface area contributed by atoms with Crippen molar-refractivity contribution in [2.75, 3.05) is 0 Å². The number of carbonyl (C=O) groups excluding carboxylic acids is 1. The van der Waals surface area contributed by atoms with Crippen LogP contribution in [0.2, 0.25) is 0 Å². The van der Waals surface area contributed by atoms with Crippen molar-refractivity contribution >= 4 is 16.7 Å². The first-order valence-corrected chi connectivity index (χ1v) is 7.28. The molecule has 0 saturated heterocycles. The van der Waals surface area contributed by atoms with Crippen molar-refractivity contribution in [3.05, 3.63) is 48.0 Å². The van der Waals surface area contributed by atoms with Crippen molar-refractivity contribution in [3.8, 4) is 11.5 Å². The number of benzene rings is 2. The Bertz CT molecular complexity index is 731. The number of ether oxygens (including phenoxy) is 1. The summed E-state index contributed by atoms with van der Waals surface area (Å²) in [5.41, 5.74) is 1.48. The van der Waals surface area contributed by atoms with E-state index in [4.69, 9.17) is 4.74 Å². The van der Waals surface area contributed by atoms with E-state index in [0.29, 0.717) is 11.3 Å². The Morgan fingerprint density at radius 2 is 2.05 bits per heavy atom. The number of fused-ring (bicyclic) bond motifs is 3. The van der Waals surface area contributed by atoms with Gasteiger partial charge in [-0.3, -0.25) is 0 Å². The molecule has 2 aromatic carbocycles. The Balaban J connectivity index is 2.23. The van der Waals surface area contributed by atoms with Gasteiger partial charge >= 0.3 is 5.97 Å². The van der Waals surface area contributed by atoms with Crippen LogP contribution in [0.5, 0.6) is 11.5 Å². The Morgan fingerprint density at radius 1 is 1.29 bits per heavy atom. The number of hydrogen-bond acceptors (Lipinski definition) is 3. The van der Waals surface area contributed by atoms with Crippen molar-refractivity contribution in [1.82, 2.24) is 0 Å². The standard InChI is InChI=1S/C18H18O3/c1-3-4-5-14-11(2)18(20)21-16-9-7-12-6-8-13(19)10-15(12)17(14)16/h6-10,14,19H,2-5H2,1H3. The molecule has 3 heteroatoms. The van der Waals surface area contributed by atoms with Gasteiger partial charge in [0.2, 0.25) is 0 Å². The molecule has 0 aliphatic carbocycles. The molecule has 3 nitrogen and oxygen atoms in total. The van der Waals surface area contributed by atoms with E-state index in [-0.39, 0.29) is 17.6 Å². The van der Waals surface area contributed by atoms with E-state index in [1.54, 1.807) is 12.1 Å². The number of aromatic hydroxyl groups is 1. The minimum absolute atomic E-state index is 0.0355. The zero-order valence-electron chi connectivity index (χ0n) is 12.1. The van der Waals surface area contributed by atoms with Crippen LogP contribution in [0.4, 0.5) is 0 Å². The maximum absolute atomic E-state index is 12.0. The van der Waals surface area contributed by atoms with Crippen molar-refractivity contribution in [3.63, 3.8) is 0 Å². The maximum Gasteiger partial charge on any atom is 0.339 e. The summed E-state index contributed by atoms with van der Waals surface area (Å²) in [7, 11) is 0. The van der Waals surface area contributed by atoms with E-state index in [1.807, 2.05) is 18.2 Å². The van der Waals surface area contributed by atoms with Crippen LogP contribution >= 0.6 is 0 Å². The number of phenols is 1. The molecule has 2 aromatic rings. The molecule has 0 amide bonds. The Kier molecular flexibility index (Phi) is 3.42. The van der Waals surface area contributed by atoms with Crippen molar-refractivity contribution in [2.24, 2.45) is 0 Å². The molecule has 1 heterocycles. The average Bonchev–Trinajstić information content (AvgIpc) is 2.47. The summed E-state index contributed by atoms with van der Waals surface area (Å²) in [5.74, 6) is 0.425. The fourth-order valence-electron chi connectivity index (χ4n) is 2.97. The van der Waals surface area contributed by atoms with Gasteiger partial charge in [0.05, 0.1) is 0 Å². The van der Waals surface area contributed by atoms with Crippen LogP contribution < -0.4 is 4.74 Å². The third-order valence-electron chi connectivity index (χ3n) is 4.09. The number of rotatable bonds is 3. The molecule has 1 unspecified atom stereocenters. The molecule has 0 aromatic heterocycles. The molecule has 0 fully saturated rings. The van der Waals surface area contributed by atoms with Gasteiger partial charge < -0.3 is 9.84 Å². The monoisotopic (exact) mass is 282 g/mol. The molecule has 0 bridgehead atoms.